The molecule has 1 nitrogen and oxygen atoms in total. The SMILES string of the molecule is CCNC(c1cccc(Cl)c1Cl)c1c(Cl)cccc1Cl. The molecule has 2 rings (SSSR count). The molecule has 1 unspecified atom stereocenters. The van der Waals surface area contributed by atoms with Crippen LogP contribution in [0.5, 0.6) is 0 Å². The van der Waals surface area contributed by atoms with Crippen molar-refractivity contribution >= 4 is 46.4 Å². The van der Waals surface area contributed by atoms with Crippen LogP contribution >= 0.6 is 46.4 Å². The van der Waals surface area contributed by atoms with Gasteiger partial charge in [0.25, 0.3) is 0 Å². The van der Waals surface area contributed by atoms with Gasteiger partial charge in [-0.2, -0.15) is 0 Å². The van der Waals surface area contributed by atoms with Crippen LogP contribution in [0.25, 0.3) is 0 Å². The topological polar surface area (TPSA) is 12.0 Å². The average molecular weight is 349 g/mol. The van der Waals surface area contributed by atoms with Gasteiger partial charge in [0.2, 0.25) is 0 Å². The maximum atomic E-state index is 6.32. The van der Waals surface area contributed by atoms with Crippen molar-refractivity contribution in [2.45, 2.75) is 13.0 Å². The Labute approximate surface area is 138 Å². The number of benzene rings is 2. The van der Waals surface area contributed by atoms with E-state index in [4.69, 9.17) is 46.4 Å². The molecule has 0 aliphatic rings. The van der Waals surface area contributed by atoms with Crippen LogP contribution < -0.4 is 5.32 Å². The summed E-state index contributed by atoms with van der Waals surface area (Å²) in [7, 11) is 0. The summed E-state index contributed by atoms with van der Waals surface area (Å²) in [5.74, 6) is 0. The quantitative estimate of drug-likeness (QED) is 0.714. The van der Waals surface area contributed by atoms with Crippen molar-refractivity contribution in [2.24, 2.45) is 0 Å². The van der Waals surface area contributed by atoms with Crippen molar-refractivity contribution in [3.05, 3.63) is 67.6 Å². The van der Waals surface area contributed by atoms with E-state index < -0.39 is 0 Å². The zero-order chi connectivity index (χ0) is 14.7. The molecule has 0 spiro atoms. The van der Waals surface area contributed by atoms with Crippen LogP contribution in [0.1, 0.15) is 24.1 Å². The lowest BCUT2D eigenvalue weighted by molar-refractivity contribution is 0.631. The third-order valence-electron chi connectivity index (χ3n) is 2.99. The van der Waals surface area contributed by atoms with E-state index in [0.717, 1.165) is 17.7 Å². The third kappa shape index (κ3) is 3.24. The molecular formula is C15H13Cl4N. The van der Waals surface area contributed by atoms with Gasteiger partial charge < -0.3 is 5.32 Å². The van der Waals surface area contributed by atoms with Gasteiger partial charge >= 0.3 is 0 Å². The number of hydrogen-bond donors (Lipinski definition) is 1. The van der Waals surface area contributed by atoms with E-state index in [9.17, 15) is 0 Å². The molecule has 5 heteroatoms. The summed E-state index contributed by atoms with van der Waals surface area (Å²) in [5.41, 5.74) is 1.66. The normalized spacial score (nSPS) is 12.4. The molecule has 0 bridgehead atoms. The van der Waals surface area contributed by atoms with Crippen molar-refractivity contribution in [1.82, 2.24) is 5.32 Å². The number of hydrogen-bond acceptors (Lipinski definition) is 1. The van der Waals surface area contributed by atoms with Gasteiger partial charge in [0.05, 0.1) is 16.1 Å². The van der Waals surface area contributed by atoms with Crippen LogP contribution in [-0.2, 0) is 0 Å². The zero-order valence-corrected chi connectivity index (χ0v) is 13.8. The Morgan fingerprint density at radius 1 is 0.900 bits per heavy atom. The largest absolute Gasteiger partial charge is 0.306 e. The van der Waals surface area contributed by atoms with E-state index in [1.807, 2.05) is 37.3 Å². The third-order valence-corrected chi connectivity index (χ3v) is 4.48. The molecule has 106 valence electrons. The van der Waals surface area contributed by atoms with Gasteiger partial charge in [0.1, 0.15) is 0 Å². The summed E-state index contributed by atoms with van der Waals surface area (Å²) in [4.78, 5) is 0. The standard InChI is InChI=1S/C15H13Cl4N/c1-2-20-15(9-5-3-8-12(18)14(9)19)13-10(16)6-4-7-11(13)17/h3-8,15,20H,2H2,1H3. The Bertz CT molecular complexity index is 593. The van der Waals surface area contributed by atoms with Gasteiger partial charge in [0, 0.05) is 15.6 Å². The van der Waals surface area contributed by atoms with Crippen LogP contribution in [0.15, 0.2) is 36.4 Å². The molecule has 0 aromatic heterocycles. The monoisotopic (exact) mass is 347 g/mol. The molecule has 0 aliphatic carbocycles. The molecule has 0 aliphatic heterocycles. The lowest BCUT2D eigenvalue weighted by Crippen LogP contribution is -2.23. The molecular weight excluding hydrogens is 336 g/mol. The fourth-order valence-corrected chi connectivity index (χ4v) is 3.13. The fourth-order valence-electron chi connectivity index (χ4n) is 2.10. The van der Waals surface area contributed by atoms with Crippen molar-refractivity contribution in [2.75, 3.05) is 6.54 Å². The first kappa shape index (κ1) is 15.9. The molecule has 1 atom stereocenters. The molecule has 0 saturated heterocycles. The molecule has 0 radical (unpaired) electrons. The summed E-state index contributed by atoms with van der Waals surface area (Å²) in [6, 6.07) is 10.8. The van der Waals surface area contributed by atoms with E-state index in [2.05, 4.69) is 5.32 Å². The van der Waals surface area contributed by atoms with Crippen molar-refractivity contribution in [3.63, 3.8) is 0 Å². The summed E-state index contributed by atoms with van der Waals surface area (Å²) in [5, 5.41) is 5.57. The maximum Gasteiger partial charge on any atom is 0.0643 e. The smallest absolute Gasteiger partial charge is 0.0643 e. The Balaban J connectivity index is 2.60. The first-order chi connectivity index (χ1) is 9.56. The van der Waals surface area contributed by atoms with E-state index in [-0.39, 0.29) is 6.04 Å². The lowest BCUT2D eigenvalue weighted by atomic mass is 9.98. The van der Waals surface area contributed by atoms with Gasteiger partial charge in [-0.1, -0.05) is 71.5 Å². The Kier molecular flexibility index (Phi) is 5.59. The Morgan fingerprint density at radius 3 is 2.05 bits per heavy atom. The second-order valence-electron chi connectivity index (χ2n) is 4.27. The number of nitrogens with one attached hydrogen (secondary N) is 1. The highest BCUT2D eigenvalue weighted by Crippen LogP contribution is 2.38. The van der Waals surface area contributed by atoms with E-state index >= 15 is 0 Å². The second kappa shape index (κ2) is 7.02. The van der Waals surface area contributed by atoms with Crippen LogP contribution in [0.3, 0.4) is 0 Å². The average Bonchev–Trinajstić information content (AvgIpc) is 2.41. The summed E-state index contributed by atoms with van der Waals surface area (Å²) >= 11 is 25.0. The predicted molar refractivity (Wildman–Crippen MR) is 88.4 cm³/mol. The number of rotatable bonds is 4. The van der Waals surface area contributed by atoms with E-state index in [1.165, 1.54) is 0 Å². The van der Waals surface area contributed by atoms with Crippen LogP contribution in [0.2, 0.25) is 20.1 Å². The molecule has 0 saturated carbocycles. The Hall–Kier alpha value is -0.440. The molecule has 2 aromatic rings. The summed E-state index contributed by atoms with van der Waals surface area (Å²) < 4.78 is 0. The van der Waals surface area contributed by atoms with Crippen molar-refractivity contribution in [3.8, 4) is 0 Å². The van der Waals surface area contributed by atoms with Gasteiger partial charge in [0.15, 0.2) is 0 Å². The molecule has 1 N–H and O–H groups in total. The highest BCUT2D eigenvalue weighted by atomic mass is 35.5. The molecule has 0 amide bonds. The highest BCUT2D eigenvalue weighted by Gasteiger charge is 2.22. The summed E-state index contributed by atoms with van der Waals surface area (Å²) in [6.45, 7) is 2.76. The minimum absolute atomic E-state index is 0.201. The summed E-state index contributed by atoms with van der Waals surface area (Å²) in [6.07, 6.45) is 0. The fraction of sp³-hybridized carbons (Fsp3) is 0.200. The lowest BCUT2D eigenvalue weighted by Gasteiger charge is -2.22. The first-order valence-electron chi connectivity index (χ1n) is 6.17. The van der Waals surface area contributed by atoms with Gasteiger partial charge in [-0.3, -0.25) is 0 Å². The van der Waals surface area contributed by atoms with Crippen LogP contribution in [-0.4, -0.2) is 6.54 Å². The molecule has 20 heavy (non-hydrogen) atoms. The maximum absolute atomic E-state index is 6.32. The predicted octanol–water partition coefficient (Wildman–Crippen LogP) is 6.00. The van der Waals surface area contributed by atoms with Gasteiger partial charge in [-0.05, 0) is 30.3 Å². The molecule has 2 aromatic carbocycles. The van der Waals surface area contributed by atoms with Gasteiger partial charge in [-0.15, -0.1) is 0 Å². The second-order valence-corrected chi connectivity index (χ2v) is 5.87. The highest BCUT2D eigenvalue weighted by molar-refractivity contribution is 6.42. The minimum Gasteiger partial charge on any atom is -0.306 e. The van der Waals surface area contributed by atoms with Crippen LogP contribution in [0.4, 0.5) is 0 Å². The van der Waals surface area contributed by atoms with E-state index in [0.29, 0.717) is 20.1 Å². The van der Waals surface area contributed by atoms with Crippen molar-refractivity contribution in [1.29, 1.82) is 0 Å². The first-order valence-corrected chi connectivity index (χ1v) is 7.68. The Morgan fingerprint density at radius 2 is 1.45 bits per heavy atom. The van der Waals surface area contributed by atoms with Crippen LogP contribution in [0, 0.1) is 0 Å². The van der Waals surface area contributed by atoms with Gasteiger partial charge in [-0.25, -0.2) is 0 Å². The van der Waals surface area contributed by atoms with Crippen molar-refractivity contribution < 1.29 is 0 Å². The number of halogens is 4. The zero-order valence-electron chi connectivity index (χ0n) is 10.8. The molecule has 0 fully saturated rings. The molecule has 0 heterocycles. The van der Waals surface area contributed by atoms with E-state index in [1.54, 1.807) is 6.07 Å². The minimum atomic E-state index is -0.201.